The minimum absolute atomic E-state index is 0.0689. The fourth-order valence-corrected chi connectivity index (χ4v) is 3.21. The summed E-state index contributed by atoms with van der Waals surface area (Å²) in [5.41, 5.74) is 2.77. The van der Waals surface area contributed by atoms with Crippen LogP contribution in [0.1, 0.15) is 24.0 Å². The molecule has 3 rings (SSSR count). The van der Waals surface area contributed by atoms with E-state index >= 15 is 0 Å². The third-order valence-corrected chi connectivity index (χ3v) is 4.28. The van der Waals surface area contributed by atoms with E-state index in [-0.39, 0.29) is 12.1 Å². The first kappa shape index (κ1) is 13.1. The molecular formula is C16H19N3O. The van der Waals surface area contributed by atoms with Gasteiger partial charge in [-0.3, -0.25) is 14.5 Å². The van der Waals surface area contributed by atoms with Crippen LogP contribution in [0.15, 0.2) is 24.3 Å². The first-order valence-corrected chi connectivity index (χ1v) is 7.24. The Balaban J connectivity index is 1.52. The van der Waals surface area contributed by atoms with Crippen LogP contribution in [0.3, 0.4) is 0 Å². The summed E-state index contributed by atoms with van der Waals surface area (Å²) in [6, 6.07) is 8.81. The molecule has 0 bridgehead atoms. The average molecular weight is 269 g/mol. The van der Waals surface area contributed by atoms with Crippen molar-refractivity contribution in [1.82, 2.24) is 10.2 Å². The van der Waals surface area contributed by atoms with Gasteiger partial charge in [-0.1, -0.05) is 24.3 Å². The van der Waals surface area contributed by atoms with Gasteiger partial charge in [-0.05, 0) is 30.4 Å². The van der Waals surface area contributed by atoms with Gasteiger partial charge in [0.15, 0.2) is 0 Å². The molecule has 1 aliphatic heterocycles. The van der Waals surface area contributed by atoms with Crippen LogP contribution in [-0.2, 0) is 17.6 Å². The number of carbonyl (C=O) groups excluding carboxylic acids is 1. The monoisotopic (exact) mass is 269 g/mol. The van der Waals surface area contributed by atoms with E-state index in [9.17, 15) is 4.79 Å². The van der Waals surface area contributed by atoms with Gasteiger partial charge in [-0.15, -0.1) is 0 Å². The molecule has 104 valence electrons. The van der Waals surface area contributed by atoms with Crippen molar-refractivity contribution in [1.29, 1.82) is 0 Å². The summed E-state index contributed by atoms with van der Waals surface area (Å²) in [5.74, 6) is 0.0689. The van der Waals surface area contributed by atoms with Gasteiger partial charge in [0, 0.05) is 19.0 Å². The van der Waals surface area contributed by atoms with Crippen molar-refractivity contribution in [2.45, 2.75) is 37.9 Å². The molecule has 1 aromatic carbocycles. The van der Waals surface area contributed by atoms with E-state index in [0.717, 1.165) is 32.2 Å². The molecule has 1 fully saturated rings. The maximum Gasteiger partial charge on any atom is 0.300 e. The Labute approximate surface area is 119 Å². The summed E-state index contributed by atoms with van der Waals surface area (Å²) in [6.45, 7) is 8.21. The van der Waals surface area contributed by atoms with Crippen molar-refractivity contribution in [3.63, 3.8) is 0 Å². The van der Waals surface area contributed by atoms with E-state index in [1.165, 1.54) is 11.1 Å². The Morgan fingerprint density at radius 3 is 2.70 bits per heavy atom. The largest absolute Gasteiger partial charge is 0.305 e. The number of rotatable bonds is 3. The van der Waals surface area contributed by atoms with Crippen molar-refractivity contribution >= 4 is 5.91 Å². The van der Waals surface area contributed by atoms with Crippen molar-refractivity contribution in [2.75, 3.05) is 13.1 Å². The summed E-state index contributed by atoms with van der Waals surface area (Å²) in [7, 11) is 0. The SMILES string of the molecule is [C-]#[N+][C@@H]1CCCN1C(=O)CNC1Cc2ccccc2C1. The average Bonchev–Trinajstić information content (AvgIpc) is 3.10. The number of nitrogens with one attached hydrogen (secondary N) is 1. The summed E-state index contributed by atoms with van der Waals surface area (Å²) < 4.78 is 0. The number of likely N-dealkylation sites (tertiary alicyclic amines) is 1. The summed E-state index contributed by atoms with van der Waals surface area (Å²) in [6.07, 6.45) is 3.54. The minimum atomic E-state index is -0.231. The lowest BCUT2D eigenvalue weighted by Crippen LogP contribution is -2.43. The third kappa shape index (κ3) is 2.54. The van der Waals surface area contributed by atoms with E-state index in [2.05, 4.69) is 34.4 Å². The predicted octanol–water partition coefficient (Wildman–Crippen LogP) is 1.61. The molecule has 1 saturated heterocycles. The molecule has 1 N–H and O–H groups in total. The lowest BCUT2D eigenvalue weighted by Gasteiger charge is -2.18. The smallest absolute Gasteiger partial charge is 0.300 e. The Morgan fingerprint density at radius 1 is 1.35 bits per heavy atom. The molecule has 0 aromatic heterocycles. The maximum absolute atomic E-state index is 12.2. The van der Waals surface area contributed by atoms with Crippen LogP contribution < -0.4 is 5.32 Å². The van der Waals surface area contributed by atoms with Gasteiger partial charge in [0.05, 0.1) is 6.54 Å². The molecule has 20 heavy (non-hydrogen) atoms. The van der Waals surface area contributed by atoms with E-state index < -0.39 is 0 Å². The first-order chi connectivity index (χ1) is 9.78. The van der Waals surface area contributed by atoms with E-state index in [4.69, 9.17) is 6.57 Å². The molecule has 1 aliphatic carbocycles. The molecular weight excluding hydrogens is 250 g/mol. The van der Waals surface area contributed by atoms with E-state index in [0.29, 0.717) is 12.6 Å². The molecule has 4 nitrogen and oxygen atoms in total. The highest BCUT2D eigenvalue weighted by molar-refractivity contribution is 5.79. The van der Waals surface area contributed by atoms with Crippen LogP contribution in [0.5, 0.6) is 0 Å². The molecule has 0 saturated carbocycles. The maximum atomic E-state index is 12.2. The zero-order chi connectivity index (χ0) is 13.9. The highest BCUT2D eigenvalue weighted by Gasteiger charge is 2.33. The van der Waals surface area contributed by atoms with Crippen molar-refractivity contribution < 1.29 is 4.79 Å². The number of hydrogen-bond acceptors (Lipinski definition) is 2. The van der Waals surface area contributed by atoms with E-state index in [1.54, 1.807) is 4.90 Å². The summed E-state index contributed by atoms with van der Waals surface area (Å²) in [4.78, 5) is 17.4. The number of benzene rings is 1. The van der Waals surface area contributed by atoms with Gasteiger partial charge in [0.2, 0.25) is 5.91 Å². The molecule has 1 atom stereocenters. The standard InChI is InChI=1S/C16H19N3O/c1-17-15-7-4-8-19(15)16(20)11-18-14-9-12-5-2-3-6-13(12)10-14/h2-3,5-6,14-15,18H,4,7-11H2/t15-/m0/s1. The van der Waals surface area contributed by atoms with Gasteiger partial charge in [-0.2, -0.15) is 0 Å². The molecule has 0 unspecified atom stereocenters. The topological polar surface area (TPSA) is 36.7 Å². The van der Waals surface area contributed by atoms with Gasteiger partial charge in [0.1, 0.15) is 0 Å². The highest BCUT2D eigenvalue weighted by atomic mass is 16.2. The Hall–Kier alpha value is -1.86. The van der Waals surface area contributed by atoms with Crippen LogP contribution >= 0.6 is 0 Å². The normalized spacial score (nSPS) is 21.8. The Morgan fingerprint density at radius 2 is 2.05 bits per heavy atom. The number of hydrogen-bond donors (Lipinski definition) is 1. The lowest BCUT2D eigenvalue weighted by molar-refractivity contribution is -0.130. The number of fused-ring (bicyclic) bond motifs is 1. The number of nitrogens with zero attached hydrogens (tertiary/aromatic N) is 2. The van der Waals surface area contributed by atoms with Crippen molar-refractivity contribution in [2.24, 2.45) is 0 Å². The number of amides is 1. The second-order valence-electron chi connectivity index (χ2n) is 5.59. The first-order valence-electron chi connectivity index (χ1n) is 7.24. The van der Waals surface area contributed by atoms with E-state index in [1.807, 2.05) is 0 Å². The summed E-state index contributed by atoms with van der Waals surface area (Å²) in [5, 5.41) is 3.36. The molecule has 2 aliphatic rings. The van der Waals surface area contributed by atoms with Crippen LogP contribution in [0, 0.1) is 6.57 Å². The van der Waals surface area contributed by atoms with Crippen LogP contribution in [0.2, 0.25) is 0 Å². The summed E-state index contributed by atoms with van der Waals surface area (Å²) >= 11 is 0. The lowest BCUT2D eigenvalue weighted by atomic mass is 10.1. The van der Waals surface area contributed by atoms with Crippen molar-refractivity contribution in [3.8, 4) is 0 Å². The molecule has 1 heterocycles. The Bertz CT molecular complexity index is 524. The fourth-order valence-electron chi connectivity index (χ4n) is 3.21. The molecule has 1 amide bonds. The second kappa shape index (κ2) is 5.64. The molecule has 1 aromatic rings. The zero-order valence-corrected chi connectivity index (χ0v) is 11.5. The van der Waals surface area contributed by atoms with Crippen molar-refractivity contribution in [3.05, 3.63) is 46.8 Å². The van der Waals surface area contributed by atoms with Crippen LogP contribution in [0.4, 0.5) is 0 Å². The minimum Gasteiger partial charge on any atom is -0.305 e. The van der Waals surface area contributed by atoms with Crippen LogP contribution in [0.25, 0.3) is 4.85 Å². The van der Waals surface area contributed by atoms with Gasteiger partial charge in [0.25, 0.3) is 0 Å². The second-order valence-corrected chi connectivity index (χ2v) is 5.59. The molecule has 0 radical (unpaired) electrons. The van der Waals surface area contributed by atoms with Crippen LogP contribution in [-0.4, -0.2) is 36.1 Å². The third-order valence-electron chi connectivity index (χ3n) is 4.28. The van der Waals surface area contributed by atoms with Gasteiger partial charge in [-0.25, -0.2) is 6.57 Å². The highest BCUT2D eigenvalue weighted by Crippen LogP contribution is 2.22. The zero-order valence-electron chi connectivity index (χ0n) is 11.5. The predicted molar refractivity (Wildman–Crippen MR) is 77.0 cm³/mol. The Kier molecular flexibility index (Phi) is 3.70. The molecule has 4 heteroatoms. The van der Waals surface area contributed by atoms with Gasteiger partial charge >= 0.3 is 6.17 Å². The fraction of sp³-hybridized carbons (Fsp3) is 0.500. The molecule has 0 spiro atoms. The number of carbonyl (C=O) groups is 1. The van der Waals surface area contributed by atoms with Gasteiger partial charge < -0.3 is 5.32 Å². The quantitative estimate of drug-likeness (QED) is 0.846.